The number of hydrogen-bond donors (Lipinski definition) is 1. The predicted molar refractivity (Wildman–Crippen MR) is 88.1 cm³/mol. The third kappa shape index (κ3) is 2.84. The van der Waals surface area contributed by atoms with Crippen molar-refractivity contribution in [1.29, 1.82) is 0 Å². The number of H-pyrrole nitrogens is 1. The Hall–Kier alpha value is -2.50. The molecule has 0 aromatic carbocycles. The van der Waals surface area contributed by atoms with E-state index in [1.807, 2.05) is 17.0 Å². The Morgan fingerprint density at radius 1 is 1.17 bits per heavy atom. The first kappa shape index (κ1) is 15.1. The van der Waals surface area contributed by atoms with E-state index in [0.29, 0.717) is 18.8 Å². The topological polar surface area (TPSA) is 79.0 Å². The zero-order valence-electron chi connectivity index (χ0n) is 13.4. The molecule has 1 aliphatic carbocycles. The van der Waals surface area contributed by atoms with Crippen LogP contribution in [0.3, 0.4) is 0 Å². The molecule has 6 nitrogen and oxygen atoms in total. The van der Waals surface area contributed by atoms with Gasteiger partial charge in [-0.05, 0) is 31.0 Å². The Morgan fingerprint density at radius 3 is 2.54 bits per heavy atom. The van der Waals surface area contributed by atoms with Gasteiger partial charge >= 0.3 is 0 Å². The van der Waals surface area contributed by atoms with E-state index in [4.69, 9.17) is 0 Å². The number of Topliss-reactive ketones (excluding diaryl/α,β-unsaturated/α-hetero) is 1. The highest BCUT2D eigenvalue weighted by Crippen LogP contribution is 2.32. The van der Waals surface area contributed by atoms with Crippen LogP contribution in [0.15, 0.2) is 30.6 Å². The highest BCUT2D eigenvalue weighted by molar-refractivity contribution is 5.96. The van der Waals surface area contributed by atoms with E-state index in [1.165, 1.54) is 0 Å². The number of aromatic amines is 1. The lowest BCUT2D eigenvalue weighted by Gasteiger charge is -2.35. The summed E-state index contributed by atoms with van der Waals surface area (Å²) in [7, 11) is 0. The molecule has 1 aliphatic heterocycles. The van der Waals surface area contributed by atoms with Crippen LogP contribution in [-0.4, -0.2) is 44.9 Å². The molecule has 1 saturated carbocycles. The van der Waals surface area contributed by atoms with Crippen molar-refractivity contribution in [2.75, 3.05) is 13.1 Å². The Labute approximate surface area is 140 Å². The standard InChI is InChI=1S/C18H20N4O2/c23-15-9-14(10-15)18(24)22-7-3-13(4-8-22)17-11-16(20-21-17)12-1-5-19-6-2-12/h1-2,5-6,11,13-14H,3-4,7-10H2,(H,20,21). The van der Waals surface area contributed by atoms with Crippen LogP contribution in [0.5, 0.6) is 0 Å². The molecule has 1 saturated heterocycles. The number of carbonyl (C=O) groups excluding carboxylic acids is 2. The van der Waals surface area contributed by atoms with Crippen molar-refractivity contribution in [3.63, 3.8) is 0 Å². The van der Waals surface area contributed by atoms with Gasteiger partial charge in [0.2, 0.25) is 5.91 Å². The summed E-state index contributed by atoms with van der Waals surface area (Å²) in [6, 6.07) is 5.99. The van der Waals surface area contributed by atoms with Gasteiger partial charge in [0.15, 0.2) is 0 Å². The Balaban J connectivity index is 1.37. The zero-order valence-corrected chi connectivity index (χ0v) is 13.4. The molecule has 2 aliphatic rings. The summed E-state index contributed by atoms with van der Waals surface area (Å²) in [5.74, 6) is 0.721. The zero-order chi connectivity index (χ0) is 16.5. The molecule has 2 aromatic rings. The maximum absolute atomic E-state index is 12.3. The number of amides is 1. The van der Waals surface area contributed by atoms with E-state index >= 15 is 0 Å². The van der Waals surface area contributed by atoms with Crippen molar-refractivity contribution in [3.05, 3.63) is 36.3 Å². The largest absolute Gasteiger partial charge is 0.342 e. The summed E-state index contributed by atoms with van der Waals surface area (Å²) >= 11 is 0. The molecular weight excluding hydrogens is 304 g/mol. The quantitative estimate of drug-likeness (QED) is 0.938. The normalized spacial score (nSPS) is 19.3. The highest BCUT2D eigenvalue weighted by Gasteiger charge is 2.36. The summed E-state index contributed by atoms with van der Waals surface area (Å²) in [6.45, 7) is 1.52. The SMILES string of the molecule is O=C1CC(C(=O)N2CCC(c3cc(-c4ccncc4)n[nH]3)CC2)C1. The number of likely N-dealkylation sites (tertiary alicyclic amines) is 1. The summed E-state index contributed by atoms with van der Waals surface area (Å²) in [5, 5.41) is 7.55. The minimum Gasteiger partial charge on any atom is -0.342 e. The Bertz CT molecular complexity index is 739. The second kappa shape index (κ2) is 6.19. The van der Waals surface area contributed by atoms with Crippen LogP contribution in [0.4, 0.5) is 0 Å². The fourth-order valence-corrected chi connectivity index (χ4v) is 3.55. The van der Waals surface area contributed by atoms with E-state index < -0.39 is 0 Å². The number of hydrogen-bond acceptors (Lipinski definition) is 4. The van der Waals surface area contributed by atoms with Crippen molar-refractivity contribution in [1.82, 2.24) is 20.1 Å². The van der Waals surface area contributed by atoms with Gasteiger partial charge in [0.05, 0.1) is 11.6 Å². The fourth-order valence-electron chi connectivity index (χ4n) is 3.55. The lowest BCUT2D eigenvalue weighted by atomic mass is 9.82. The van der Waals surface area contributed by atoms with Crippen molar-refractivity contribution in [2.45, 2.75) is 31.6 Å². The van der Waals surface area contributed by atoms with Gasteiger partial charge in [0.25, 0.3) is 0 Å². The molecule has 24 heavy (non-hydrogen) atoms. The van der Waals surface area contributed by atoms with Crippen LogP contribution < -0.4 is 0 Å². The van der Waals surface area contributed by atoms with E-state index in [0.717, 1.165) is 42.9 Å². The molecule has 0 atom stereocenters. The number of piperidine rings is 1. The molecule has 0 radical (unpaired) electrons. The van der Waals surface area contributed by atoms with Gasteiger partial charge < -0.3 is 4.90 Å². The molecule has 2 aromatic heterocycles. The van der Waals surface area contributed by atoms with Gasteiger partial charge in [-0.1, -0.05) is 0 Å². The first-order valence-corrected chi connectivity index (χ1v) is 8.47. The monoisotopic (exact) mass is 324 g/mol. The van der Waals surface area contributed by atoms with Crippen LogP contribution in [0, 0.1) is 5.92 Å². The molecule has 124 valence electrons. The number of nitrogens with zero attached hydrogens (tertiary/aromatic N) is 3. The fraction of sp³-hybridized carbons (Fsp3) is 0.444. The minimum atomic E-state index is -0.0560. The van der Waals surface area contributed by atoms with Gasteiger partial charge in [0.1, 0.15) is 5.78 Å². The van der Waals surface area contributed by atoms with Crippen molar-refractivity contribution < 1.29 is 9.59 Å². The Kier molecular flexibility index (Phi) is 3.88. The molecule has 6 heteroatoms. The average molecular weight is 324 g/mol. The van der Waals surface area contributed by atoms with Crippen LogP contribution in [0.25, 0.3) is 11.3 Å². The van der Waals surface area contributed by atoms with Crippen molar-refractivity contribution >= 4 is 11.7 Å². The number of aromatic nitrogens is 3. The lowest BCUT2D eigenvalue weighted by Crippen LogP contribution is -2.45. The van der Waals surface area contributed by atoms with Crippen LogP contribution in [0.1, 0.15) is 37.3 Å². The molecule has 1 N–H and O–H groups in total. The molecule has 2 fully saturated rings. The van der Waals surface area contributed by atoms with Crippen LogP contribution >= 0.6 is 0 Å². The summed E-state index contributed by atoms with van der Waals surface area (Å²) in [5.41, 5.74) is 3.11. The first-order chi connectivity index (χ1) is 11.7. The predicted octanol–water partition coefficient (Wildman–Crippen LogP) is 2.16. The molecule has 0 spiro atoms. The van der Waals surface area contributed by atoms with Gasteiger partial charge in [-0.25, -0.2) is 0 Å². The first-order valence-electron chi connectivity index (χ1n) is 8.47. The van der Waals surface area contributed by atoms with E-state index in [1.54, 1.807) is 12.4 Å². The maximum atomic E-state index is 12.3. The van der Waals surface area contributed by atoms with Crippen LogP contribution in [0.2, 0.25) is 0 Å². The van der Waals surface area contributed by atoms with Crippen molar-refractivity contribution in [3.8, 4) is 11.3 Å². The highest BCUT2D eigenvalue weighted by atomic mass is 16.2. The second-order valence-corrected chi connectivity index (χ2v) is 6.69. The van der Waals surface area contributed by atoms with Gasteiger partial charge in [-0.3, -0.25) is 19.7 Å². The van der Waals surface area contributed by atoms with E-state index in [-0.39, 0.29) is 17.6 Å². The summed E-state index contributed by atoms with van der Waals surface area (Å²) in [4.78, 5) is 29.3. The Morgan fingerprint density at radius 2 is 1.88 bits per heavy atom. The molecule has 4 rings (SSSR count). The summed E-state index contributed by atoms with van der Waals surface area (Å²) < 4.78 is 0. The number of nitrogens with one attached hydrogen (secondary N) is 1. The van der Waals surface area contributed by atoms with Gasteiger partial charge in [-0.2, -0.15) is 5.10 Å². The molecule has 0 unspecified atom stereocenters. The van der Waals surface area contributed by atoms with Crippen molar-refractivity contribution in [2.24, 2.45) is 5.92 Å². The maximum Gasteiger partial charge on any atom is 0.226 e. The third-order valence-electron chi connectivity index (χ3n) is 5.12. The number of ketones is 1. The third-order valence-corrected chi connectivity index (χ3v) is 5.12. The average Bonchev–Trinajstić information content (AvgIpc) is 3.09. The van der Waals surface area contributed by atoms with E-state index in [2.05, 4.69) is 21.2 Å². The minimum absolute atomic E-state index is 0.0560. The van der Waals surface area contributed by atoms with Gasteiger partial charge in [0, 0.05) is 55.5 Å². The van der Waals surface area contributed by atoms with Gasteiger partial charge in [-0.15, -0.1) is 0 Å². The summed E-state index contributed by atoms with van der Waals surface area (Å²) in [6.07, 6.45) is 6.27. The molecule has 0 bridgehead atoms. The van der Waals surface area contributed by atoms with Crippen LogP contribution in [-0.2, 0) is 9.59 Å². The second-order valence-electron chi connectivity index (χ2n) is 6.69. The lowest BCUT2D eigenvalue weighted by molar-refractivity contribution is -0.145. The number of carbonyl (C=O) groups is 2. The van der Waals surface area contributed by atoms with E-state index in [9.17, 15) is 9.59 Å². The molecule has 1 amide bonds. The molecule has 3 heterocycles. The number of rotatable bonds is 3. The number of pyridine rings is 1. The molecular formula is C18H20N4O2. The smallest absolute Gasteiger partial charge is 0.226 e.